The van der Waals surface area contributed by atoms with Crippen LogP contribution in [0, 0.1) is 0 Å². The fraction of sp³-hybridized carbons (Fsp3) is 0.250. The van der Waals surface area contributed by atoms with Crippen LogP contribution in [-0.4, -0.2) is 24.5 Å². The molecule has 0 aliphatic rings. The predicted molar refractivity (Wildman–Crippen MR) is 87.2 cm³/mol. The Balaban J connectivity index is 2.24. The van der Waals surface area contributed by atoms with Crippen LogP contribution in [0.15, 0.2) is 42.5 Å². The minimum absolute atomic E-state index is 0.120. The van der Waals surface area contributed by atoms with Crippen molar-refractivity contribution in [3.63, 3.8) is 0 Å². The van der Waals surface area contributed by atoms with Gasteiger partial charge < -0.3 is 10.2 Å². The highest BCUT2D eigenvalue weighted by Gasteiger charge is 2.15. The summed E-state index contributed by atoms with van der Waals surface area (Å²) in [6.07, 6.45) is 0.974. The number of halogens is 1. The van der Waals surface area contributed by atoms with Crippen LogP contribution < -0.4 is 10.2 Å². The lowest BCUT2D eigenvalue weighted by molar-refractivity contribution is 0.0993. The molecule has 0 spiro atoms. The normalized spacial score (nSPS) is 10.2. The summed E-state index contributed by atoms with van der Waals surface area (Å²) < 4.78 is 0. The van der Waals surface area contributed by atoms with Gasteiger partial charge in [-0.05, 0) is 30.7 Å². The number of carbonyl (C=O) groups excluding carboxylic acids is 1. The van der Waals surface area contributed by atoms with Crippen molar-refractivity contribution in [2.24, 2.45) is 0 Å². The number of benzene rings is 1. The standard InChI is InChI=1S/C16H18ClN3O/c1-3-9-18-15-11-12(10-14(17)19-15)16(21)20(2)13-7-5-4-6-8-13/h4-8,10-11H,3,9H2,1-2H3,(H,18,19). The Kier molecular flexibility index (Phi) is 5.17. The highest BCUT2D eigenvalue weighted by Crippen LogP contribution is 2.19. The number of rotatable bonds is 5. The van der Waals surface area contributed by atoms with E-state index in [4.69, 9.17) is 11.6 Å². The van der Waals surface area contributed by atoms with Crippen LogP contribution in [0.5, 0.6) is 0 Å². The maximum absolute atomic E-state index is 12.5. The Labute approximate surface area is 129 Å². The minimum Gasteiger partial charge on any atom is -0.370 e. The lowest BCUT2D eigenvalue weighted by Crippen LogP contribution is -2.26. The molecule has 0 aliphatic carbocycles. The number of nitrogens with zero attached hydrogens (tertiary/aromatic N) is 2. The molecule has 0 fully saturated rings. The van der Waals surface area contributed by atoms with Gasteiger partial charge >= 0.3 is 0 Å². The van der Waals surface area contributed by atoms with Gasteiger partial charge in [0.25, 0.3) is 5.91 Å². The molecule has 1 N–H and O–H groups in total. The second-order valence-electron chi connectivity index (χ2n) is 4.69. The summed E-state index contributed by atoms with van der Waals surface area (Å²) >= 11 is 6.00. The van der Waals surface area contributed by atoms with E-state index in [0.717, 1.165) is 18.7 Å². The number of carbonyl (C=O) groups is 1. The van der Waals surface area contributed by atoms with Crippen LogP contribution in [0.4, 0.5) is 11.5 Å². The average Bonchev–Trinajstić information content (AvgIpc) is 2.51. The summed E-state index contributed by atoms with van der Waals surface area (Å²) in [5, 5.41) is 3.45. The van der Waals surface area contributed by atoms with Crippen molar-refractivity contribution in [3.8, 4) is 0 Å². The average molecular weight is 304 g/mol. The zero-order valence-electron chi connectivity index (χ0n) is 12.1. The van der Waals surface area contributed by atoms with E-state index >= 15 is 0 Å². The Morgan fingerprint density at radius 3 is 2.67 bits per heavy atom. The molecule has 0 atom stereocenters. The van der Waals surface area contributed by atoms with Gasteiger partial charge in [0.15, 0.2) is 0 Å². The molecule has 0 radical (unpaired) electrons. The molecule has 0 saturated carbocycles. The second-order valence-corrected chi connectivity index (χ2v) is 5.08. The van der Waals surface area contributed by atoms with E-state index in [1.54, 1.807) is 24.1 Å². The number of anilines is 2. The van der Waals surface area contributed by atoms with Gasteiger partial charge in [0.1, 0.15) is 11.0 Å². The number of hydrogen-bond donors (Lipinski definition) is 1. The van der Waals surface area contributed by atoms with Crippen LogP contribution in [0.25, 0.3) is 0 Å². The van der Waals surface area contributed by atoms with Gasteiger partial charge in [-0.3, -0.25) is 4.79 Å². The predicted octanol–water partition coefficient (Wildman–Crippen LogP) is 3.83. The van der Waals surface area contributed by atoms with Gasteiger partial charge in [-0.25, -0.2) is 4.98 Å². The van der Waals surface area contributed by atoms with Crippen molar-refractivity contribution in [1.29, 1.82) is 0 Å². The molecule has 1 aromatic heterocycles. The third kappa shape index (κ3) is 3.95. The Bertz CT molecular complexity index is 616. The van der Waals surface area contributed by atoms with Crippen molar-refractivity contribution < 1.29 is 4.79 Å². The molecular weight excluding hydrogens is 286 g/mol. The van der Waals surface area contributed by atoms with E-state index in [1.807, 2.05) is 30.3 Å². The van der Waals surface area contributed by atoms with E-state index < -0.39 is 0 Å². The van der Waals surface area contributed by atoms with Gasteiger partial charge in [-0.15, -0.1) is 0 Å². The smallest absolute Gasteiger partial charge is 0.258 e. The molecule has 1 aromatic carbocycles. The van der Waals surface area contributed by atoms with Crippen LogP contribution in [0.3, 0.4) is 0 Å². The van der Waals surface area contributed by atoms with Crippen LogP contribution in [0.2, 0.25) is 5.15 Å². The SMILES string of the molecule is CCCNc1cc(C(=O)N(C)c2ccccc2)cc(Cl)n1. The first-order valence-electron chi connectivity index (χ1n) is 6.86. The molecule has 0 aliphatic heterocycles. The van der Waals surface area contributed by atoms with Gasteiger partial charge in [0.05, 0.1) is 0 Å². The fourth-order valence-corrected chi connectivity index (χ4v) is 2.14. The minimum atomic E-state index is -0.120. The molecule has 21 heavy (non-hydrogen) atoms. The van der Waals surface area contributed by atoms with Gasteiger partial charge in [0, 0.05) is 24.8 Å². The molecule has 0 saturated heterocycles. The topological polar surface area (TPSA) is 45.2 Å². The summed E-state index contributed by atoms with van der Waals surface area (Å²) in [4.78, 5) is 18.3. The van der Waals surface area contributed by atoms with Crippen molar-refractivity contribution in [2.75, 3.05) is 23.8 Å². The van der Waals surface area contributed by atoms with E-state index in [-0.39, 0.29) is 5.91 Å². The van der Waals surface area contributed by atoms with Crippen LogP contribution in [0.1, 0.15) is 23.7 Å². The molecule has 1 amide bonds. The van der Waals surface area contributed by atoms with Crippen molar-refractivity contribution in [1.82, 2.24) is 4.98 Å². The Hall–Kier alpha value is -2.07. The largest absolute Gasteiger partial charge is 0.370 e. The first kappa shape index (κ1) is 15.3. The summed E-state index contributed by atoms with van der Waals surface area (Å²) in [6.45, 7) is 2.85. The number of para-hydroxylation sites is 1. The number of pyridine rings is 1. The van der Waals surface area contributed by atoms with Gasteiger partial charge in [-0.1, -0.05) is 36.7 Å². The molecule has 1 heterocycles. The van der Waals surface area contributed by atoms with Crippen molar-refractivity contribution in [2.45, 2.75) is 13.3 Å². The highest BCUT2D eigenvalue weighted by atomic mass is 35.5. The third-order valence-corrected chi connectivity index (χ3v) is 3.24. The number of amides is 1. The zero-order valence-corrected chi connectivity index (χ0v) is 12.9. The quantitative estimate of drug-likeness (QED) is 0.854. The monoisotopic (exact) mass is 303 g/mol. The number of hydrogen-bond acceptors (Lipinski definition) is 3. The van der Waals surface area contributed by atoms with Crippen LogP contribution >= 0.6 is 11.6 Å². The van der Waals surface area contributed by atoms with Gasteiger partial charge in [-0.2, -0.15) is 0 Å². The highest BCUT2D eigenvalue weighted by molar-refractivity contribution is 6.30. The lowest BCUT2D eigenvalue weighted by atomic mass is 10.2. The molecule has 110 valence electrons. The molecule has 2 aromatic rings. The second kappa shape index (κ2) is 7.09. The summed E-state index contributed by atoms with van der Waals surface area (Å²) in [5.74, 6) is 0.499. The van der Waals surface area contributed by atoms with Crippen molar-refractivity contribution in [3.05, 3.63) is 53.2 Å². The molecule has 0 unspecified atom stereocenters. The maximum Gasteiger partial charge on any atom is 0.258 e. The summed E-state index contributed by atoms with van der Waals surface area (Å²) in [6, 6.07) is 12.8. The van der Waals surface area contributed by atoms with E-state index in [1.165, 1.54) is 0 Å². The van der Waals surface area contributed by atoms with Gasteiger partial charge in [0.2, 0.25) is 0 Å². The first-order valence-corrected chi connectivity index (χ1v) is 7.24. The Morgan fingerprint density at radius 2 is 2.00 bits per heavy atom. The van der Waals surface area contributed by atoms with E-state index in [0.29, 0.717) is 16.5 Å². The zero-order chi connectivity index (χ0) is 15.2. The molecule has 2 rings (SSSR count). The molecule has 0 bridgehead atoms. The van der Waals surface area contributed by atoms with E-state index in [2.05, 4.69) is 17.2 Å². The molecular formula is C16H18ClN3O. The number of nitrogens with one attached hydrogen (secondary N) is 1. The summed E-state index contributed by atoms with van der Waals surface area (Å²) in [5.41, 5.74) is 1.35. The molecule has 4 nitrogen and oxygen atoms in total. The number of aromatic nitrogens is 1. The first-order chi connectivity index (χ1) is 10.1. The van der Waals surface area contributed by atoms with Crippen molar-refractivity contribution >= 4 is 29.0 Å². The Morgan fingerprint density at radius 1 is 1.29 bits per heavy atom. The summed E-state index contributed by atoms with van der Waals surface area (Å²) in [7, 11) is 1.74. The van der Waals surface area contributed by atoms with Crippen LogP contribution in [-0.2, 0) is 0 Å². The van der Waals surface area contributed by atoms with E-state index in [9.17, 15) is 4.79 Å². The lowest BCUT2D eigenvalue weighted by Gasteiger charge is -2.18. The fourth-order valence-electron chi connectivity index (χ4n) is 1.93. The third-order valence-electron chi connectivity index (χ3n) is 3.05. The molecule has 5 heteroatoms. The maximum atomic E-state index is 12.5.